The second-order valence-corrected chi connectivity index (χ2v) is 4.81. The molecule has 1 unspecified atom stereocenters. The molecule has 0 aliphatic heterocycles. The van der Waals surface area contributed by atoms with Gasteiger partial charge in [0.15, 0.2) is 0 Å². The number of hydrogen-bond donors (Lipinski definition) is 1. The zero-order chi connectivity index (χ0) is 15.3. The molecule has 112 valence electrons. The molecule has 0 saturated heterocycles. The number of allylic oxidation sites excluding steroid dienone is 1. The molecule has 0 heterocycles. The molecule has 5 heteroatoms. The highest BCUT2D eigenvalue weighted by molar-refractivity contribution is 5.30. The van der Waals surface area contributed by atoms with Crippen molar-refractivity contribution in [3.05, 3.63) is 47.3 Å². The smallest absolute Gasteiger partial charge is 0.310 e. The monoisotopic (exact) mass is 289 g/mol. The summed E-state index contributed by atoms with van der Waals surface area (Å²) in [5.74, 6) is -1.19. The largest absolute Gasteiger partial charge is 0.419 e. The molecule has 0 aromatic heterocycles. The van der Waals surface area contributed by atoms with Crippen molar-refractivity contribution in [2.45, 2.75) is 38.9 Å². The van der Waals surface area contributed by atoms with Crippen molar-refractivity contribution in [3.63, 3.8) is 0 Å². The minimum atomic E-state index is -4.68. The highest BCUT2D eigenvalue weighted by Gasteiger charge is 2.35. The number of hydrogen-bond acceptors (Lipinski definition) is 1. The lowest BCUT2D eigenvalue weighted by atomic mass is 9.97. The van der Waals surface area contributed by atoms with Crippen LogP contribution in [-0.4, -0.2) is 6.54 Å². The van der Waals surface area contributed by atoms with E-state index >= 15 is 0 Å². The van der Waals surface area contributed by atoms with Crippen molar-refractivity contribution in [2.24, 2.45) is 0 Å². The van der Waals surface area contributed by atoms with Crippen molar-refractivity contribution in [1.29, 1.82) is 0 Å². The average Bonchev–Trinajstić information content (AvgIpc) is 2.33. The first kappa shape index (κ1) is 16.7. The maximum atomic E-state index is 14.1. The van der Waals surface area contributed by atoms with Crippen LogP contribution >= 0.6 is 0 Å². The summed E-state index contributed by atoms with van der Waals surface area (Å²) in [7, 11) is 0. The van der Waals surface area contributed by atoms with Gasteiger partial charge in [-0.05, 0) is 32.4 Å². The molecule has 0 aliphatic carbocycles. The molecular weight excluding hydrogens is 270 g/mol. The Bertz CT molecular complexity index is 465. The van der Waals surface area contributed by atoms with Crippen LogP contribution in [0.5, 0.6) is 0 Å². The molecule has 1 aromatic carbocycles. The molecule has 0 spiro atoms. The predicted octanol–water partition coefficient (Wildman–Crippen LogP) is 4.85. The van der Waals surface area contributed by atoms with Gasteiger partial charge in [0.1, 0.15) is 5.82 Å². The second-order valence-electron chi connectivity index (χ2n) is 4.81. The number of alkyl halides is 3. The van der Waals surface area contributed by atoms with E-state index in [2.05, 4.69) is 11.9 Å². The Morgan fingerprint density at radius 2 is 2.00 bits per heavy atom. The molecule has 1 rings (SSSR count). The van der Waals surface area contributed by atoms with Gasteiger partial charge in [0.25, 0.3) is 0 Å². The Morgan fingerprint density at radius 1 is 1.35 bits per heavy atom. The van der Waals surface area contributed by atoms with Crippen LogP contribution in [-0.2, 0) is 6.18 Å². The quantitative estimate of drug-likeness (QED) is 0.583. The lowest BCUT2D eigenvalue weighted by molar-refractivity contribution is -0.140. The summed E-state index contributed by atoms with van der Waals surface area (Å²) >= 11 is 0. The van der Waals surface area contributed by atoms with E-state index in [9.17, 15) is 17.6 Å². The summed E-state index contributed by atoms with van der Waals surface area (Å²) in [6, 6.07) is 2.96. The fourth-order valence-corrected chi connectivity index (χ4v) is 2.04. The fraction of sp³-hybridized carbons (Fsp3) is 0.467. The third-order valence-electron chi connectivity index (χ3n) is 3.02. The first-order valence-corrected chi connectivity index (χ1v) is 6.50. The lowest BCUT2D eigenvalue weighted by Crippen LogP contribution is -2.23. The van der Waals surface area contributed by atoms with Crippen LogP contribution in [0.2, 0.25) is 0 Å². The van der Waals surface area contributed by atoms with Crippen LogP contribution in [0.3, 0.4) is 0 Å². The third kappa shape index (κ3) is 4.34. The van der Waals surface area contributed by atoms with Gasteiger partial charge in [-0.3, -0.25) is 0 Å². The molecule has 1 N–H and O–H groups in total. The highest BCUT2D eigenvalue weighted by Crippen LogP contribution is 2.34. The van der Waals surface area contributed by atoms with E-state index in [1.54, 1.807) is 0 Å². The Hall–Kier alpha value is -1.36. The van der Waals surface area contributed by atoms with E-state index in [4.69, 9.17) is 0 Å². The molecule has 1 aromatic rings. The van der Waals surface area contributed by atoms with E-state index in [1.807, 2.05) is 13.8 Å². The summed E-state index contributed by atoms with van der Waals surface area (Å²) in [6.45, 7) is 7.98. The molecule has 0 radical (unpaired) electrons. The zero-order valence-corrected chi connectivity index (χ0v) is 11.6. The molecule has 20 heavy (non-hydrogen) atoms. The van der Waals surface area contributed by atoms with Crippen molar-refractivity contribution in [2.75, 3.05) is 6.54 Å². The molecule has 0 bridgehead atoms. The molecule has 0 saturated carbocycles. The van der Waals surface area contributed by atoms with Gasteiger partial charge < -0.3 is 5.32 Å². The van der Waals surface area contributed by atoms with Crippen molar-refractivity contribution >= 4 is 0 Å². The lowest BCUT2D eigenvalue weighted by Gasteiger charge is -2.21. The normalized spacial score (nSPS) is 13.3. The Kier molecular flexibility index (Phi) is 5.74. The maximum absolute atomic E-state index is 14.1. The maximum Gasteiger partial charge on any atom is 0.419 e. The summed E-state index contributed by atoms with van der Waals surface area (Å²) in [6.07, 6.45) is -3.53. The number of nitrogens with one attached hydrogen (secondary N) is 1. The third-order valence-corrected chi connectivity index (χ3v) is 3.02. The summed E-state index contributed by atoms with van der Waals surface area (Å²) < 4.78 is 52.2. The van der Waals surface area contributed by atoms with Crippen LogP contribution in [0.1, 0.15) is 43.9 Å². The van der Waals surface area contributed by atoms with Crippen LogP contribution in [0.15, 0.2) is 30.4 Å². The minimum Gasteiger partial charge on any atom is -0.310 e. The van der Waals surface area contributed by atoms with E-state index in [0.29, 0.717) is 19.4 Å². The number of halogens is 4. The minimum absolute atomic E-state index is 0.0583. The van der Waals surface area contributed by atoms with Crippen molar-refractivity contribution < 1.29 is 17.6 Å². The fourth-order valence-electron chi connectivity index (χ4n) is 2.04. The van der Waals surface area contributed by atoms with Gasteiger partial charge in [0, 0.05) is 11.6 Å². The van der Waals surface area contributed by atoms with Crippen molar-refractivity contribution in [3.8, 4) is 0 Å². The van der Waals surface area contributed by atoms with Crippen LogP contribution in [0, 0.1) is 5.82 Å². The molecular formula is C15H19F4N. The van der Waals surface area contributed by atoms with Gasteiger partial charge in [-0.25, -0.2) is 4.39 Å². The van der Waals surface area contributed by atoms with Crippen LogP contribution < -0.4 is 5.32 Å². The van der Waals surface area contributed by atoms with E-state index in [1.165, 1.54) is 12.1 Å². The topological polar surface area (TPSA) is 12.0 Å². The number of benzene rings is 1. The van der Waals surface area contributed by atoms with Crippen molar-refractivity contribution in [1.82, 2.24) is 5.32 Å². The van der Waals surface area contributed by atoms with Gasteiger partial charge in [-0.2, -0.15) is 13.2 Å². The second kappa shape index (κ2) is 6.88. The Labute approximate surface area is 116 Å². The molecule has 0 fully saturated rings. The highest BCUT2D eigenvalue weighted by atomic mass is 19.4. The van der Waals surface area contributed by atoms with E-state index < -0.39 is 23.6 Å². The predicted molar refractivity (Wildman–Crippen MR) is 71.9 cm³/mol. The SMILES string of the molecule is C=C(C)CCC(NCC)c1cccc(C(F)(F)F)c1F. The van der Waals surface area contributed by atoms with Gasteiger partial charge in [-0.1, -0.05) is 24.6 Å². The van der Waals surface area contributed by atoms with Gasteiger partial charge >= 0.3 is 6.18 Å². The molecule has 0 amide bonds. The van der Waals surface area contributed by atoms with Gasteiger partial charge in [0.05, 0.1) is 5.56 Å². The number of rotatable bonds is 6. The van der Waals surface area contributed by atoms with Crippen LogP contribution in [0.25, 0.3) is 0 Å². The Morgan fingerprint density at radius 3 is 2.50 bits per heavy atom. The van der Waals surface area contributed by atoms with Gasteiger partial charge in [-0.15, -0.1) is 6.58 Å². The summed E-state index contributed by atoms with van der Waals surface area (Å²) in [5, 5.41) is 3.03. The van der Waals surface area contributed by atoms with Crippen LogP contribution in [0.4, 0.5) is 17.6 Å². The summed E-state index contributed by atoms with van der Waals surface area (Å²) in [4.78, 5) is 0. The molecule has 0 aliphatic rings. The summed E-state index contributed by atoms with van der Waals surface area (Å²) in [5.41, 5.74) is -0.239. The first-order valence-electron chi connectivity index (χ1n) is 6.50. The van der Waals surface area contributed by atoms with E-state index in [-0.39, 0.29) is 5.56 Å². The van der Waals surface area contributed by atoms with Gasteiger partial charge in [0.2, 0.25) is 0 Å². The zero-order valence-electron chi connectivity index (χ0n) is 11.6. The molecule has 1 nitrogen and oxygen atoms in total. The first-order chi connectivity index (χ1) is 9.27. The standard InChI is InChI=1S/C15H19F4N/c1-4-20-13(9-8-10(2)3)11-6-5-7-12(14(11)16)15(17,18)19/h5-7,13,20H,2,4,8-9H2,1,3H3. The molecule has 1 atom stereocenters. The van der Waals surface area contributed by atoms with E-state index in [0.717, 1.165) is 11.6 Å². The average molecular weight is 289 g/mol. The Balaban J connectivity index is 3.10.